The molecular formula is C8H19N3O2S. The van der Waals surface area contributed by atoms with E-state index in [1.165, 1.54) is 6.26 Å². The van der Waals surface area contributed by atoms with Crippen LogP contribution in [0.3, 0.4) is 0 Å². The predicted molar refractivity (Wildman–Crippen MR) is 58.4 cm³/mol. The summed E-state index contributed by atoms with van der Waals surface area (Å²) in [5, 5.41) is 7.05. The molecule has 0 saturated heterocycles. The monoisotopic (exact) mass is 221 g/mol. The third-order valence-electron chi connectivity index (χ3n) is 1.92. The Hall–Kier alpha value is -0.620. The zero-order valence-corrected chi connectivity index (χ0v) is 9.60. The molecule has 0 fully saturated rings. The van der Waals surface area contributed by atoms with Crippen LogP contribution in [0, 0.1) is 5.41 Å². The Bertz CT molecular complexity index is 274. The first-order valence-electron chi connectivity index (χ1n) is 4.58. The molecule has 0 rings (SSSR count). The van der Waals surface area contributed by atoms with E-state index in [4.69, 9.17) is 11.1 Å². The van der Waals surface area contributed by atoms with E-state index in [1.807, 2.05) is 11.8 Å². The van der Waals surface area contributed by atoms with Crippen LogP contribution in [0.1, 0.15) is 13.3 Å². The fourth-order valence-corrected chi connectivity index (χ4v) is 1.59. The quantitative estimate of drug-likeness (QED) is 0.455. The Morgan fingerprint density at radius 1 is 1.43 bits per heavy atom. The molecule has 0 radical (unpaired) electrons. The molecule has 0 amide bonds. The molecule has 0 spiro atoms. The SMILES string of the molecule is CCN(CCC(=N)N)CCS(C)(=O)=O. The van der Waals surface area contributed by atoms with E-state index in [2.05, 4.69) is 0 Å². The lowest BCUT2D eigenvalue weighted by molar-refractivity contribution is 0.313. The molecule has 0 atom stereocenters. The minimum atomic E-state index is -2.89. The summed E-state index contributed by atoms with van der Waals surface area (Å²) in [6.07, 6.45) is 1.73. The maximum atomic E-state index is 10.9. The smallest absolute Gasteiger partial charge is 0.148 e. The molecule has 0 aromatic carbocycles. The summed E-state index contributed by atoms with van der Waals surface area (Å²) in [6, 6.07) is 0. The summed E-state index contributed by atoms with van der Waals surface area (Å²) >= 11 is 0. The predicted octanol–water partition coefficient (Wildman–Crippen LogP) is -0.321. The molecule has 0 aromatic heterocycles. The number of nitrogens with one attached hydrogen (secondary N) is 1. The summed E-state index contributed by atoms with van der Waals surface area (Å²) in [6.45, 7) is 3.91. The standard InChI is InChI=1S/C8H19N3O2S/c1-3-11(5-4-8(9)10)6-7-14(2,12)13/h3-7H2,1-2H3,(H3,9,10). The minimum Gasteiger partial charge on any atom is -0.388 e. The average molecular weight is 221 g/mol. The average Bonchev–Trinajstić information content (AvgIpc) is 2.02. The van der Waals surface area contributed by atoms with Crippen molar-refractivity contribution in [3.8, 4) is 0 Å². The number of amidine groups is 1. The zero-order valence-electron chi connectivity index (χ0n) is 8.78. The number of hydrogen-bond donors (Lipinski definition) is 2. The van der Waals surface area contributed by atoms with E-state index in [9.17, 15) is 8.42 Å². The van der Waals surface area contributed by atoms with Gasteiger partial charge in [-0.1, -0.05) is 6.92 Å². The molecule has 6 heteroatoms. The number of nitrogens with zero attached hydrogens (tertiary/aromatic N) is 1. The zero-order chi connectivity index (χ0) is 11.2. The Morgan fingerprint density at radius 2 is 2.00 bits per heavy atom. The summed E-state index contributed by atoms with van der Waals surface area (Å²) in [5.41, 5.74) is 5.22. The Morgan fingerprint density at radius 3 is 2.36 bits per heavy atom. The van der Waals surface area contributed by atoms with Gasteiger partial charge < -0.3 is 10.6 Å². The molecule has 0 aliphatic carbocycles. The Kier molecular flexibility index (Phi) is 5.71. The van der Waals surface area contributed by atoms with E-state index in [0.717, 1.165) is 6.54 Å². The van der Waals surface area contributed by atoms with Crippen LogP contribution in [0.4, 0.5) is 0 Å². The van der Waals surface area contributed by atoms with Gasteiger partial charge in [0.1, 0.15) is 9.84 Å². The second-order valence-corrected chi connectivity index (χ2v) is 5.60. The molecule has 0 aromatic rings. The second kappa shape index (κ2) is 5.98. The number of rotatable bonds is 7. The van der Waals surface area contributed by atoms with Gasteiger partial charge >= 0.3 is 0 Å². The largest absolute Gasteiger partial charge is 0.388 e. The van der Waals surface area contributed by atoms with Crippen molar-refractivity contribution in [2.75, 3.05) is 31.6 Å². The fourth-order valence-electron chi connectivity index (χ4n) is 1.00. The van der Waals surface area contributed by atoms with Gasteiger partial charge in [-0.15, -0.1) is 0 Å². The van der Waals surface area contributed by atoms with Crippen LogP contribution in [0.5, 0.6) is 0 Å². The van der Waals surface area contributed by atoms with Gasteiger partial charge in [0, 0.05) is 25.8 Å². The van der Waals surface area contributed by atoms with Crippen LogP contribution < -0.4 is 5.73 Å². The van der Waals surface area contributed by atoms with Crippen molar-refractivity contribution in [2.45, 2.75) is 13.3 Å². The van der Waals surface area contributed by atoms with Crippen molar-refractivity contribution >= 4 is 15.7 Å². The van der Waals surface area contributed by atoms with Crippen molar-refractivity contribution in [3.05, 3.63) is 0 Å². The highest BCUT2D eigenvalue weighted by Gasteiger charge is 2.07. The van der Waals surface area contributed by atoms with Crippen molar-refractivity contribution in [1.29, 1.82) is 5.41 Å². The number of hydrogen-bond acceptors (Lipinski definition) is 4. The lowest BCUT2D eigenvalue weighted by atomic mass is 10.3. The minimum absolute atomic E-state index is 0.141. The third-order valence-corrected chi connectivity index (χ3v) is 2.85. The van der Waals surface area contributed by atoms with Crippen molar-refractivity contribution in [3.63, 3.8) is 0 Å². The fraction of sp³-hybridized carbons (Fsp3) is 0.875. The highest BCUT2D eigenvalue weighted by atomic mass is 32.2. The van der Waals surface area contributed by atoms with Gasteiger partial charge in [-0.05, 0) is 6.54 Å². The summed E-state index contributed by atoms with van der Waals surface area (Å²) < 4.78 is 21.8. The first kappa shape index (κ1) is 13.4. The third kappa shape index (κ3) is 8.00. The molecule has 3 N–H and O–H groups in total. The summed E-state index contributed by atoms with van der Waals surface area (Å²) in [7, 11) is -2.89. The second-order valence-electron chi connectivity index (χ2n) is 3.34. The van der Waals surface area contributed by atoms with E-state index < -0.39 is 9.84 Å². The lowest BCUT2D eigenvalue weighted by Crippen LogP contribution is -2.32. The summed E-state index contributed by atoms with van der Waals surface area (Å²) in [5.74, 6) is 0.307. The number of nitrogens with two attached hydrogens (primary N) is 1. The Labute approximate surface area is 85.7 Å². The van der Waals surface area contributed by atoms with Gasteiger partial charge in [-0.25, -0.2) is 8.42 Å². The molecule has 0 unspecified atom stereocenters. The van der Waals surface area contributed by atoms with Gasteiger partial charge in [0.15, 0.2) is 0 Å². The van der Waals surface area contributed by atoms with Crippen LogP contribution in [0.15, 0.2) is 0 Å². The molecule has 84 valence electrons. The Balaban J connectivity index is 3.86. The van der Waals surface area contributed by atoms with Crippen LogP contribution in [-0.4, -0.2) is 50.8 Å². The lowest BCUT2D eigenvalue weighted by Gasteiger charge is -2.19. The van der Waals surface area contributed by atoms with Crippen LogP contribution >= 0.6 is 0 Å². The van der Waals surface area contributed by atoms with Gasteiger partial charge in [-0.3, -0.25) is 5.41 Å². The highest BCUT2D eigenvalue weighted by molar-refractivity contribution is 7.90. The first-order chi connectivity index (χ1) is 6.35. The van der Waals surface area contributed by atoms with Crippen LogP contribution in [0.25, 0.3) is 0 Å². The molecule has 14 heavy (non-hydrogen) atoms. The maximum Gasteiger partial charge on any atom is 0.148 e. The van der Waals surface area contributed by atoms with Crippen molar-refractivity contribution < 1.29 is 8.42 Å². The molecule has 0 aliphatic rings. The highest BCUT2D eigenvalue weighted by Crippen LogP contribution is 1.93. The molecular weight excluding hydrogens is 202 g/mol. The molecule has 5 nitrogen and oxygen atoms in total. The molecule has 0 saturated carbocycles. The first-order valence-corrected chi connectivity index (χ1v) is 6.64. The van der Waals surface area contributed by atoms with Crippen LogP contribution in [0.2, 0.25) is 0 Å². The molecule has 0 bridgehead atoms. The molecule has 0 heterocycles. The van der Waals surface area contributed by atoms with Crippen LogP contribution in [-0.2, 0) is 9.84 Å². The van der Waals surface area contributed by atoms with E-state index in [0.29, 0.717) is 19.5 Å². The molecule has 0 aliphatic heterocycles. The van der Waals surface area contributed by atoms with E-state index in [1.54, 1.807) is 0 Å². The van der Waals surface area contributed by atoms with Gasteiger partial charge in [-0.2, -0.15) is 0 Å². The van der Waals surface area contributed by atoms with Gasteiger partial charge in [0.2, 0.25) is 0 Å². The van der Waals surface area contributed by atoms with E-state index >= 15 is 0 Å². The van der Waals surface area contributed by atoms with Gasteiger partial charge in [0.25, 0.3) is 0 Å². The summed E-state index contributed by atoms with van der Waals surface area (Å²) in [4.78, 5) is 1.97. The normalized spacial score (nSPS) is 11.9. The van der Waals surface area contributed by atoms with Gasteiger partial charge in [0.05, 0.1) is 11.6 Å². The topological polar surface area (TPSA) is 87.2 Å². The van der Waals surface area contributed by atoms with Crippen molar-refractivity contribution in [2.24, 2.45) is 5.73 Å². The number of sulfone groups is 1. The maximum absolute atomic E-state index is 10.9. The van der Waals surface area contributed by atoms with Crippen molar-refractivity contribution in [1.82, 2.24) is 4.90 Å². The van der Waals surface area contributed by atoms with E-state index in [-0.39, 0.29) is 11.6 Å².